The molecule has 1 N–H and O–H groups in total. The second-order valence-electron chi connectivity index (χ2n) is 5.33. The Hall–Kier alpha value is -1.78. The minimum atomic E-state index is -0.985. The van der Waals surface area contributed by atoms with E-state index in [1.54, 1.807) is 4.68 Å². The summed E-state index contributed by atoms with van der Waals surface area (Å²) >= 11 is 12.8. The molecule has 1 heterocycles. The van der Waals surface area contributed by atoms with Crippen LogP contribution in [0.5, 0.6) is 0 Å². The molecule has 0 saturated carbocycles. The molecule has 0 unspecified atom stereocenters. The maximum absolute atomic E-state index is 11.4. The molecule has 1 aromatic heterocycles. The normalized spacial score (nSPS) is 14.2. The van der Waals surface area contributed by atoms with E-state index in [2.05, 4.69) is 5.10 Å². The lowest BCUT2D eigenvalue weighted by Gasteiger charge is -2.15. The van der Waals surface area contributed by atoms with Gasteiger partial charge in [0.2, 0.25) is 0 Å². The quantitative estimate of drug-likeness (QED) is 0.900. The fraction of sp³-hybridized carbons (Fsp3) is 0.250. The summed E-state index contributed by atoms with van der Waals surface area (Å²) in [4.78, 5) is 11.4. The lowest BCUT2D eigenvalue weighted by atomic mass is 9.93. The maximum atomic E-state index is 11.4. The standard InChI is InChI=1S/C16H14Cl2N2O2/c1-8-4-3-5-9(13(8)17)15-12-11(19-20(15)2)7-6-10(14(12)18)16(21)22/h3-5H,6-7H2,1-2H3,(H,21,22). The highest BCUT2D eigenvalue weighted by atomic mass is 35.5. The highest BCUT2D eigenvalue weighted by Crippen LogP contribution is 2.42. The summed E-state index contributed by atoms with van der Waals surface area (Å²) in [6.07, 6.45) is 0.948. The molecule has 6 heteroatoms. The molecule has 114 valence electrons. The summed E-state index contributed by atoms with van der Waals surface area (Å²) in [7, 11) is 1.82. The predicted octanol–water partition coefficient (Wildman–Crippen LogP) is 4.03. The van der Waals surface area contributed by atoms with Crippen LogP contribution in [-0.2, 0) is 18.3 Å². The molecule has 0 spiro atoms. The number of fused-ring (bicyclic) bond motifs is 1. The van der Waals surface area contributed by atoms with Crippen molar-refractivity contribution in [3.8, 4) is 11.3 Å². The number of aryl methyl sites for hydroxylation is 3. The first-order chi connectivity index (χ1) is 10.4. The molecular formula is C16H14Cl2N2O2. The molecule has 1 aliphatic carbocycles. The average Bonchev–Trinajstić information content (AvgIpc) is 2.79. The van der Waals surface area contributed by atoms with Crippen LogP contribution >= 0.6 is 23.2 Å². The number of nitrogens with zero attached hydrogens (tertiary/aromatic N) is 2. The summed E-state index contributed by atoms with van der Waals surface area (Å²) < 4.78 is 1.72. The van der Waals surface area contributed by atoms with Crippen molar-refractivity contribution in [2.24, 2.45) is 7.05 Å². The Labute approximate surface area is 138 Å². The van der Waals surface area contributed by atoms with E-state index in [0.717, 1.165) is 22.5 Å². The lowest BCUT2D eigenvalue weighted by molar-refractivity contribution is -0.132. The van der Waals surface area contributed by atoms with Gasteiger partial charge in [-0.25, -0.2) is 4.79 Å². The lowest BCUT2D eigenvalue weighted by Crippen LogP contribution is -2.09. The fourth-order valence-electron chi connectivity index (χ4n) is 2.83. The first-order valence-electron chi connectivity index (χ1n) is 6.85. The number of carboxylic acids is 1. The summed E-state index contributed by atoms with van der Waals surface area (Å²) in [5.41, 5.74) is 4.23. The van der Waals surface area contributed by atoms with Gasteiger partial charge in [-0.2, -0.15) is 5.10 Å². The van der Waals surface area contributed by atoms with Gasteiger partial charge in [0.25, 0.3) is 0 Å². The van der Waals surface area contributed by atoms with Crippen molar-refractivity contribution in [3.63, 3.8) is 0 Å². The SMILES string of the molecule is Cc1cccc(-c2c3c(nn2C)CCC(C(=O)O)=C3Cl)c1Cl. The van der Waals surface area contributed by atoms with Gasteiger partial charge in [0.1, 0.15) is 0 Å². The van der Waals surface area contributed by atoms with E-state index in [0.29, 0.717) is 23.4 Å². The molecule has 1 aromatic carbocycles. The highest BCUT2D eigenvalue weighted by molar-refractivity contribution is 6.51. The first-order valence-corrected chi connectivity index (χ1v) is 7.61. The topological polar surface area (TPSA) is 55.1 Å². The number of aliphatic carboxylic acids is 1. The first kappa shape index (κ1) is 15.1. The Kier molecular flexibility index (Phi) is 3.75. The molecule has 0 atom stereocenters. The molecule has 4 nitrogen and oxygen atoms in total. The van der Waals surface area contributed by atoms with Crippen molar-refractivity contribution < 1.29 is 9.90 Å². The van der Waals surface area contributed by atoms with Gasteiger partial charge in [-0.15, -0.1) is 0 Å². The van der Waals surface area contributed by atoms with Gasteiger partial charge in [-0.1, -0.05) is 41.4 Å². The van der Waals surface area contributed by atoms with Gasteiger partial charge >= 0.3 is 5.97 Å². The number of rotatable bonds is 2. The van der Waals surface area contributed by atoms with E-state index in [9.17, 15) is 9.90 Å². The predicted molar refractivity (Wildman–Crippen MR) is 87.1 cm³/mol. The average molecular weight is 337 g/mol. The van der Waals surface area contributed by atoms with E-state index in [4.69, 9.17) is 23.2 Å². The van der Waals surface area contributed by atoms with Crippen molar-refractivity contribution in [2.75, 3.05) is 0 Å². The Morgan fingerprint density at radius 1 is 1.32 bits per heavy atom. The van der Waals surface area contributed by atoms with Crippen LogP contribution in [0, 0.1) is 6.92 Å². The van der Waals surface area contributed by atoms with E-state index in [1.807, 2.05) is 32.2 Å². The van der Waals surface area contributed by atoms with Gasteiger partial charge in [0.05, 0.1) is 27.0 Å². The summed E-state index contributed by atoms with van der Waals surface area (Å²) in [5.74, 6) is -0.985. The van der Waals surface area contributed by atoms with Crippen LogP contribution in [0.3, 0.4) is 0 Å². The molecule has 2 aromatic rings. The molecule has 0 fully saturated rings. The molecule has 0 amide bonds. The Bertz CT molecular complexity index is 822. The van der Waals surface area contributed by atoms with Crippen LogP contribution in [0.1, 0.15) is 23.2 Å². The van der Waals surface area contributed by atoms with Gasteiger partial charge in [-0.3, -0.25) is 4.68 Å². The Balaban J connectivity index is 2.31. The minimum Gasteiger partial charge on any atom is -0.478 e. The van der Waals surface area contributed by atoms with Crippen LogP contribution in [0.4, 0.5) is 0 Å². The number of carboxylic acid groups (broad SMARTS) is 1. The fourth-order valence-corrected chi connectivity index (χ4v) is 3.42. The third kappa shape index (κ3) is 2.23. The molecule has 3 rings (SSSR count). The van der Waals surface area contributed by atoms with Crippen molar-refractivity contribution in [1.82, 2.24) is 9.78 Å². The number of hydrogen-bond acceptors (Lipinski definition) is 2. The van der Waals surface area contributed by atoms with E-state index in [1.165, 1.54) is 0 Å². The highest BCUT2D eigenvalue weighted by Gasteiger charge is 2.29. The van der Waals surface area contributed by atoms with E-state index < -0.39 is 5.97 Å². The molecule has 0 radical (unpaired) electrons. The van der Waals surface area contributed by atoms with Crippen LogP contribution in [0.25, 0.3) is 16.3 Å². The van der Waals surface area contributed by atoms with E-state index in [-0.39, 0.29) is 10.6 Å². The Morgan fingerprint density at radius 2 is 2.05 bits per heavy atom. The van der Waals surface area contributed by atoms with E-state index >= 15 is 0 Å². The molecule has 0 aliphatic heterocycles. The zero-order chi connectivity index (χ0) is 16.0. The minimum absolute atomic E-state index is 0.229. The monoisotopic (exact) mass is 336 g/mol. The van der Waals surface area contributed by atoms with Crippen LogP contribution < -0.4 is 0 Å². The van der Waals surface area contributed by atoms with Crippen LogP contribution in [-0.4, -0.2) is 20.9 Å². The van der Waals surface area contributed by atoms with Crippen molar-refractivity contribution in [3.05, 3.63) is 45.6 Å². The van der Waals surface area contributed by atoms with Crippen LogP contribution in [0.2, 0.25) is 5.02 Å². The number of hydrogen-bond donors (Lipinski definition) is 1. The van der Waals surface area contributed by atoms with Crippen molar-refractivity contribution in [1.29, 1.82) is 0 Å². The third-order valence-corrected chi connectivity index (χ3v) is 4.84. The number of halogens is 2. The van der Waals surface area contributed by atoms with Crippen molar-refractivity contribution >= 4 is 34.2 Å². The molecule has 0 saturated heterocycles. The molecule has 0 bridgehead atoms. The number of aromatic nitrogens is 2. The van der Waals surface area contributed by atoms with Gasteiger partial charge in [0, 0.05) is 18.2 Å². The van der Waals surface area contributed by atoms with Gasteiger partial charge in [-0.05, 0) is 25.3 Å². The largest absolute Gasteiger partial charge is 0.478 e. The number of benzene rings is 1. The number of carbonyl (C=O) groups is 1. The molecule has 22 heavy (non-hydrogen) atoms. The second-order valence-corrected chi connectivity index (χ2v) is 6.08. The summed E-state index contributed by atoms with van der Waals surface area (Å²) in [5, 5.41) is 14.7. The maximum Gasteiger partial charge on any atom is 0.333 e. The van der Waals surface area contributed by atoms with Gasteiger partial charge in [0.15, 0.2) is 0 Å². The second kappa shape index (κ2) is 5.45. The summed E-state index contributed by atoms with van der Waals surface area (Å²) in [6.45, 7) is 1.93. The zero-order valence-corrected chi connectivity index (χ0v) is 13.7. The van der Waals surface area contributed by atoms with Crippen molar-refractivity contribution in [2.45, 2.75) is 19.8 Å². The zero-order valence-electron chi connectivity index (χ0n) is 12.2. The van der Waals surface area contributed by atoms with Gasteiger partial charge < -0.3 is 5.11 Å². The van der Waals surface area contributed by atoms with Crippen LogP contribution in [0.15, 0.2) is 23.8 Å². The molecule has 1 aliphatic rings. The Morgan fingerprint density at radius 3 is 2.73 bits per heavy atom. The smallest absolute Gasteiger partial charge is 0.333 e. The third-order valence-electron chi connectivity index (χ3n) is 3.92. The summed E-state index contributed by atoms with van der Waals surface area (Å²) in [6, 6.07) is 5.73. The molecular weight excluding hydrogens is 323 g/mol.